The molecule has 1 heterocycles. The van der Waals surface area contributed by atoms with E-state index in [2.05, 4.69) is 15.5 Å². The Kier molecular flexibility index (Phi) is 2.22. The van der Waals surface area contributed by atoms with Crippen LogP contribution < -0.4 is 5.32 Å². The molecule has 60 valence electrons. The summed E-state index contributed by atoms with van der Waals surface area (Å²) in [7, 11) is 1.75. The molecule has 11 heavy (non-hydrogen) atoms. The lowest BCUT2D eigenvalue weighted by molar-refractivity contribution is 0.0689. The molecule has 0 radical (unpaired) electrons. The number of aromatic amines is 1. The average Bonchev–Trinajstić information content (AvgIpc) is 2.36. The Balaban J connectivity index is 2.87. The molecule has 1 rings (SSSR count). The topological polar surface area (TPSA) is 78.0 Å². The smallest absolute Gasteiger partial charge is 0.354 e. The maximum absolute atomic E-state index is 10.5. The number of nitrogens with zero attached hydrogens (tertiary/aromatic N) is 1. The average molecular weight is 155 g/mol. The number of carboxylic acids is 1. The Bertz CT molecular complexity index is 256. The fourth-order valence-corrected chi connectivity index (χ4v) is 0.821. The molecule has 3 N–H and O–H groups in total. The Morgan fingerprint density at radius 1 is 1.91 bits per heavy atom. The molecule has 1 aromatic rings. The predicted molar refractivity (Wildman–Crippen MR) is 38.3 cm³/mol. The van der Waals surface area contributed by atoms with E-state index < -0.39 is 5.97 Å². The van der Waals surface area contributed by atoms with Crippen molar-refractivity contribution in [2.75, 3.05) is 7.05 Å². The molecule has 0 bridgehead atoms. The molecule has 5 heteroatoms. The van der Waals surface area contributed by atoms with Crippen LogP contribution in [0.5, 0.6) is 0 Å². The fourth-order valence-electron chi connectivity index (χ4n) is 0.821. The van der Waals surface area contributed by atoms with Crippen LogP contribution in [0.4, 0.5) is 0 Å². The van der Waals surface area contributed by atoms with Gasteiger partial charge in [-0.1, -0.05) is 0 Å². The Labute approximate surface area is 63.4 Å². The van der Waals surface area contributed by atoms with Crippen LogP contribution in [0.15, 0.2) is 6.20 Å². The summed E-state index contributed by atoms with van der Waals surface area (Å²) in [5.41, 5.74) is 0.819. The van der Waals surface area contributed by atoms with E-state index >= 15 is 0 Å². The number of aromatic carboxylic acids is 1. The molecule has 0 saturated heterocycles. The predicted octanol–water partition coefficient (Wildman–Crippen LogP) is -0.173. The summed E-state index contributed by atoms with van der Waals surface area (Å²) in [5, 5.41) is 17.4. The zero-order valence-corrected chi connectivity index (χ0v) is 6.09. The second kappa shape index (κ2) is 3.16. The van der Waals surface area contributed by atoms with E-state index in [-0.39, 0.29) is 5.69 Å². The van der Waals surface area contributed by atoms with E-state index in [0.717, 1.165) is 0 Å². The monoisotopic (exact) mass is 155 g/mol. The molecule has 0 aromatic carbocycles. The Morgan fingerprint density at radius 2 is 2.64 bits per heavy atom. The molecule has 0 atom stereocenters. The van der Waals surface area contributed by atoms with Crippen molar-refractivity contribution < 1.29 is 9.90 Å². The van der Waals surface area contributed by atoms with Crippen molar-refractivity contribution in [3.05, 3.63) is 17.5 Å². The first-order valence-corrected chi connectivity index (χ1v) is 3.16. The number of hydrogen-bond acceptors (Lipinski definition) is 3. The summed E-state index contributed by atoms with van der Waals surface area (Å²) >= 11 is 0. The zero-order valence-electron chi connectivity index (χ0n) is 6.09. The van der Waals surface area contributed by atoms with Crippen LogP contribution in [0, 0.1) is 0 Å². The summed E-state index contributed by atoms with van der Waals surface area (Å²) in [6, 6.07) is 0. The summed E-state index contributed by atoms with van der Waals surface area (Å²) in [5.74, 6) is -0.979. The van der Waals surface area contributed by atoms with Crippen LogP contribution in [-0.4, -0.2) is 28.3 Å². The van der Waals surface area contributed by atoms with Crippen molar-refractivity contribution in [1.82, 2.24) is 15.5 Å². The van der Waals surface area contributed by atoms with Crippen molar-refractivity contribution in [3.8, 4) is 0 Å². The molecule has 0 unspecified atom stereocenters. The number of carboxylic acid groups (broad SMARTS) is 1. The van der Waals surface area contributed by atoms with Crippen molar-refractivity contribution in [3.63, 3.8) is 0 Å². The van der Waals surface area contributed by atoms with E-state index in [0.29, 0.717) is 12.1 Å². The number of aromatic nitrogens is 2. The highest BCUT2D eigenvalue weighted by Gasteiger charge is 2.10. The lowest BCUT2D eigenvalue weighted by Gasteiger charge is -1.95. The molecule has 0 aliphatic carbocycles. The largest absolute Gasteiger partial charge is 0.477 e. The van der Waals surface area contributed by atoms with Crippen molar-refractivity contribution in [1.29, 1.82) is 0 Å². The third-order valence-corrected chi connectivity index (χ3v) is 1.30. The van der Waals surface area contributed by atoms with Gasteiger partial charge in [-0.25, -0.2) is 4.79 Å². The highest BCUT2D eigenvalue weighted by molar-refractivity contribution is 5.86. The molecular weight excluding hydrogens is 146 g/mol. The van der Waals surface area contributed by atoms with Crippen LogP contribution in [0.2, 0.25) is 0 Å². The van der Waals surface area contributed by atoms with Gasteiger partial charge in [0.2, 0.25) is 0 Å². The second-order valence-corrected chi connectivity index (χ2v) is 2.11. The van der Waals surface area contributed by atoms with Gasteiger partial charge >= 0.3 is 5.97 Å². The number of hydrogen-bond donors (Lipinski definition) is 3. The first kappa shape index (κ1) is 7.74. The van der Waals surface area contributed by atoms with Crippen LogP contribution >= 0.6 is 0 Å². The van der Waals surface area contributed by atoms with Crippen LogP contribution in [0.1, 0.15) is 16.1 Å². The molecule has 1 aromatic heterocycles. The first-order chi connectivity index (χ1) is 5.25. The van der Waals surface area contributed by atoms with Crippen LogP contribution in [0.25, 0.3) is 0 Å². The van der Waals surface area contributed by atoms with E-state index in [4.69, 9.17) is 5.11 Å². The molecule has 0 spiro atoms. The quantitative estimate of drug-likeness (QED) is 0.566. The van der Waals surface area contributed by atoms with E-state index in [1.54, 1.807) is 7.05 Å². The molecule has 5 nitrogen and oxygen atoms in total. The summed E-state index contributed by atoms with van der Waals surface area (Å²) < 4.78 is 0. The van der Waals surface area contributed by atoms with Gasteiger partial charge in [0.1, 0.15) is 5.69 Å². The Hall–Kier alpha value is -1.36. The highest BCUT2D eigenvalue weighted by atomic mass is 16.4. The van der Waals surface area contributed by atoms with Crippen molar-refractivity contribution in [2.24, 2.45) is 0 Å². The SMILES string of the molecule is CNCc1cn[nH]c1C(=O)O. The molecule has 0 saturated carbocycles. The normalized spacial score (nSPS) is 9.91. The number of H-pyrrole nitrogens is 1. The third-order valence-electron chi connectivity index (χ3n) is 1.30. The van der Waals surface area contributed by atoms with Gasteiger partial charge in [0.05, 0.1) is 6.20 Å². The maximum Gasteiger partial charge on any atom is 0.354 e. The van der Waals surface area contributed by atoms with Gasteiger partial charge in [0, 0.05) is 12.1 Å². The molecule has 0 aliphatic rings. The maximum atomic E-state index is 10.5. The van der Waals surface area contributed by atoms with Gasteiger partial charge in [-0.15, -0.1) is 0 Å². The van der Waals surface area contributed by atoms with Crippen LogP contribution in [0.3, 0.4) is 0 Å². The number of rotatable bonds is 3. The first-order valence-electron chi connectivity index (χ1n) is 3.16. The van der Waals surface area contributed by atoms with Gasteiger partial charge in [-0.3, -0.25) is 5.10 Å². The minimum absolute atomic E-state index is 0.152. The summed E-state index contributed by atoms with van der Waals surface area (Å²) in [6.07, 6.45) is 1.50. The lowest BCUT2D eigenvalue weighted by atomic mass is 10.2. The standard InChI is InChI=1S/C6H9N3O2/c1-7-2-4-3-8-9-5(4)6(10)11/h3,7H,2H2,1H3,(H,8,9)(H,10,11). The summed E-state index contributed by atoms with van der Waals surface area (Å²) in [6.45, 7) is 0.512. The van der Waals surface area contributed by atoms with Crippen molar-refractivity contribution >= 4 is 5.97 Å². The van der Waals surface area contributed by atoms with Crippen molar-refractivity contribution in [2.45, 2.75) is 6.54 Å². The lowest BCUT2D eigenvalue weighted by Crippen LogP contribution is -2.09. The van der Waals surface area contributed by atoms with E-state index in [9.17, 15) is 4.79 Å². The van der Waals surface area contributed by atoms with E-state index in [1.807, 2.05) is 0 Å². The highest BCUT2D eigenvalue weighted by Crippen LogP contribution is 2.02. The minimum Gasteiger partial charge on any atom is -0.477 e. The molecule has 0 aliphatic heterocycles. The molecule has 0 amide bonds. The van der Waals surface area contributed by atoms with Gasteiger partial charge in [0.25, 0.3) is 0 Å². The van der Waals surface area contributed by atoms with Gasteiger partial charge in [-0.2, -0.15) is 5.10 Å². The number of carbonyl (C=O) groups is 1. The van der Waals surface area contributed by atoms with Gasteiger partial charge < -0.3 is 10.4 Å². The van der Waals surface area contributed by atoms with E-state index in [1.165, 1.54) is 6.20 Å². The molecule has 0 fully saturated rings. The third kappa shape index (κ3) is 1.56. The fraction of sp³-hybridized carbons (Fsp3) is 0.333. The Morgan fingerprint density at radius 3 is 3.18 bits per heavy atom. The second-order valence-electron chi connectivity index (χ2n) is 2.11. The summed E-state index contributed by atoms with van der Waals surface area (Å²) in [4.78, 5) is 10.5. The minimum atomic E-state index is -0.979. The zero-order chi connectivity index (χ0) is 8.27. The number of nitrogens with one attached hydrogen (secondary N) is 2. The van der Waals surface area contributed by atoms with Gasteiger partial charge in [-0.05, 0) is 7.05 Å². The van der Waals surface area contributed by atoms with Crippen LogP contribution in [-0.2, 0) is 6.54 Å². The van der Waals surface area contributed by atoms with Gasteiger partial charge in [0.15, 0.2) is 0 Å². The molecular formula is C6H9N3O2.